The van der Waals surface area contributed by atoms with Crippen LogP contribution < -0.4 is 11.1 Å². The highest BCUT2D eigenvalue weighted by atomic mass is 16.3. The quantitative estimate of drug-likeness (QED) is 0.287. The maximum atomic E-state index is 13.9. The molecule has 1 heterocycles. The van der Waals surface area contributed by atoms with Crippen molar-refractivity contribution >= 4 is 17.5 Å². The molecule has 36 heavy (non-hydrogen) atoms. The molecule has 1 amide bonds. The fraction of sp³-hybridized carbons (Fsp3) is 0.519. The number of ketones is 2. The van der Waals surface area contributed by atoms with Gasteiger partial charge < -0.3 is 26.4 Å². The normalized spacial score (nSPS) is 36.6. The highest BCUT2D eigenvalue weighted by Gasteiger charge is 2.59. The summed E-state index contributed by atoms with van der Waals surface area (Å²) in [5.74, 6) is -5.26. The monoisotopic (exact) mass is 495 g/mol. The molecule has 192 valence electrons. The Bertz CT molecular complexity index is 1220. The number of nitrogens with two attached hydrogens (primary N) is 1. The SMILES string of the molecule is CN(C)C1C(O)=C(C(N)=O)C(=O)C2C(=O)C3=C(O)C4(C)C(=C(C5=CCNCC5)C=CC4O)CC3CC21. The number of hydrogen-bond acceptors (Lipinski definition) is 8. The molecule has 1 fully saturated rings. The fourth-order valence-corrected chi connectivity index (χ4v) is 7.01. The van der Waals surface area contributed by atoms with Crippen molar-refractivity contribution < 1.29 is 29.7 Å². The van der Waals surface area contributed by atoms with Crippen molar-refractivity contribution in [3.8, 4) is 0 Å². The van der Waals surface area contributed by atoms with Gasteiger partial charge >= 0.3 is 0 Å². The van der Waals surface area contributed by atoms with E-state index >= 15 is 0 Å². The molecule has 5 rings (SSSR count). The van der Waals surface area contributed by atoms with E-state index in [4.69, 9.17) is 5.73 Å². The number of rotatable bonds is 3. The summed E-state index contributed by atoms with van der Waals surface area (Å²) in [6.45, 7) is 3.30. The number of fused-ring (bicyclic) bond motifs is 3. The van der Waals surface area contributed by atoms with Crippen LogP contribution in [-0.2, 0) is 14.4 Å². The molecule has 0 bridgehead atoms. The molecule has 0 aromatic heterocycles. The minimum absolute atomic E-state index is 0.145. The molecule has 6 N–H and O–H groups in total. The predicted molar refractivity (Wildman–Crippen MR) is 132 cm³/mol. The van der Waals surface area contributed by atoms with Crippen molar-refractivity contribution in [2.24, 2.45) is 28.9 Å². The number of nitrogens with zero attached hydrogens (tertiary/aromatic N) is 1. The van der Waals surface area contributed by atoms with E-state index in [0.717, 1.165) is 36.2 Å². The van der Waals surface area contributed by atoms with Crippen molar-refractivity contribution in [1.29, 1.82) is 0 Å². The lowest BCUT2D eigenvalue weighted by atomic mass is 9.54. The van der Waals surface area contributed by atoms with E-state index in [-0.39, 0.29) is 11.3 Å². The number of nitrogens with one attached hydrogen (secondary N) is 1. The standard InChI is InChI=1S/C27H33N3O6/c1-27-16(14(4-5-17(27)31)12-6-8-29-9-7-12)11-13-10-15-19(22(32)18(13)25(27)35)23(33)20(26(28)36)24(34)21(15)30(2)3/h4-6,13,15,17,19,21,29,31,34-35H,7-11H2,1-3H3,(H2,28,36). The van der Waals surface area contributed by atoms with Crippen molar-refractivity contribution in [2.45, 2.75) is 38.3 Å². The van der Waals surface area contributed by atoms with Gasteiger partial charge in [0.25, 0.3) is 5.91 Å². The Hall–Kier alpha value is -3.01. The van der Waals surface area contributed by atoms with Crippen LogP contribution in [0.3, 0.4) is 0 Å². The first kappa shape index (κ1) is 24.7. The second-order valence-electron chi connectivity index (χ2n) is 10.9. The zero-order valence-electron chi connectivity index (χ0n) is 20.7. The second kappa shape index (κ2) is 8.54. The van der Waals surface area contributed by atoms with Crippen LogP contribution in [0.25, 0.3) is 0 Å². The van der Waals surface area contributed by atoms with Gasteiger partial charge in [-0.2, -0.15) is 0 Å². The highest BCUT2D eigenvalue weighted by Crippen LogP contribution is 2.57. The van der Waals surface area contributed by atoms with E-state index in [2.05, 4.69) is 11.4 Å². The molecule has 6 unspecified atom stereocenters. The molecule has 6 atom stereocenters. The Morgan fingerprint density at radius 3 is 2.56 bits per heavy atom. The van der Waals surface area contributed by atoms with Gasteiger partial charge in [-0.3, -0.25) is 19.3 Å². The van der Waals surface area contributed by atoms with Gasteiger partial charge in [0.2, 0.25) is 0 Å². The van der Waals surface area contributed by atoms with Gasteiger partial charge in [0.05, 0.1) is 23.5 Å². The van der Waals surface area contributed by atoms with E-state index < -0.39 is 64.1 Å². The number of allylic oxidation sites excluding steroid dienone is 3. The highest BCUT2D eigenvalue weighted by molar-refractivity contribution is 6.27. The van der Waals surface area contributed by atoms with Crippen LogP contribution in [-0.4, -0.2) is 77.0 Å². The topological polar surface area (TPSA) is 153 Å². The summed E-state index contributed by atoms with van der Waals surface area (Å²) >= 11 is 0. The first-order chi connectivity index (χ1) is 17.0. The average molecular weight is 496 g/mol. The van der Waals surface area contributed by atoms with Crippen molar-refractivity contribution in [3.05, 3.63) is 57.6 Å². The van der Waals surface area contributed by atoms with Gasteiger partial charge in [0.15, 0.2) is 11.6 Å². The molecule has 4 aliphatic carbocycles. The average Bonchev–Trinajstić information content (AvgIpc) is 2.81. The van der Waals surface area contributed by atoms with Crippen LogP contribution >= 0.6 is 0 Å². The Balaban J connectivity index is 1.67. The smallest absolute Gasteiger partial charge is 0.255 e. The third-order valence-electron chi connectivity index (χ3n) is 8.81. The molecule has 5 aliphatic rings. The number of aliphatic hydroxyl groups excluding tert-OH is 3. The van der Waals surface area contributed by atoms with Gasteiger partial charge in [-0.05, 0) is 75.4 Å². The van der Waals surface area contributed by atoms with Gasteiger partial charge in [-0.1, -0.05) is 18.2 Å². The molecule has 0 aromatic carbocycles. The van der Waals surface area contributed by atoms with E-state index in [1.165, 1.54) is 0 Å². The Labute approximate surface area is 209 Å². The summed E-state index contributed by atoms with van der Waals surface area (Å²) in [5, 5.41) is 36.8. The zero-order valence-corrected chi connectivity index (χ0v) is 20.7. The number of hydrogen-bond donors (Lipinski definition) is 5. The summed E-state index contributed by atoms with van der Waals surface area (Å²) in [4.78, 5) is 41.0. The maximum absolute atomic E-state index is 13.9. The van der Waals surface area contributed by atoms with Gasteiger partial charge in [-0.25, -0.2) is 0 Å². The second-order valence-corrected chi connectivity index (χ2v) is 10.9. The largest absolute Gasteiger partial charge is 0.511 e. The summed E-state index contributed by atoms with van der Waals surface area (Å²) in [5.41, 5.74) is 6.81. The van der Waals surface area contributed by atoms with Crippen LogP contribution in [0, 0.1) is 23.2 Å². The minimum Gasteiger partial charge on any atom is -0.511 e. The van der Waals surface area contributed by atoms with Crippen molar-refractivity contribution in [2.75, 3.05) is 27.2 Å². The molecule has 1 aliphatic heterocycles. The van der Waals surface area contributed by atoms with Gasteiger partial charge in [0, 0.05) is 12.1 Å². The van der Waals surface area contributed by atoms with E-state index in [0.29, 0.717) is 12.8 Å². The number of aliphatic hydroxyl groups is 3. The van der Waals surface area contributed by atoms with Crippen molar-refractivity contribution in [1.82, 2.24) is 10.2 Å². The summed E-state index contributed by atoms with van der Waals surface area (Å²) in [7, 11) is 3.42. The number of likely N-dealkylation sites (N-methyl/N-ethyl adjacent to an activating group) is 1. The Morgan fingerprint density at radius 1 is 1.22 bits per heavy atom. The number of amides is 1. The first-order valence-electron chi connectivity index (χ1n) is 12.4. The van der Waals surface area contributed by atoms with Gasteiger partial charge in [-0.15, -0.1) is 0 Å². The molecular weight excluding hydrogens is 462 g/mol. The van der Waals surface area contributed by atoms with Crippen LogP contribution in [0.2, 0.25) is 0 Å². The number of carbonyl (C=O) groups excluding carboxylic acids is 3. The summed E-state index contributed by atoms with van der Waals surface area (Å²) in [6.07, 6.45) is 6.23. The van der Waals surface area contributed by atoms with Crippen LogP contribution in [0.1, 0.15) is 26.2 Å². The molecule has 0 aromatic rings. The molecule has 9 nitrogen and oxygen atoms in total. The number of carbonyl (C=O) groups is 3. The fourth-order valence-electron chi connectivity index (χ4n) is 7.01. The molecule has 0 spiro atoms. The lowest BCUT2D eigenvalue weighted by molar-refractivity contribution is -0.137. The van der Waals surface area contributed by atoms with Gasteiger partial charge in [0.1, 0.15) is 17.1 Å². The third kappa shape index (κ3) is 3.29. The molecular formula is C27H33N3O6. The molecule has 9 heteroatoms. The van der Waals surface area contributed by atoms with E-state index in [9.17, 15) is 29.7 Å². The predicted octanol–water partition coefficient (Wildman–Crippen LogP) is 0.987. The summed E-state index contributed by atoms with van der Waals surface area (Å²) in [6, 6.07) is -0.742. The van der Waals surface area contributed by atoms with Crippen LogP contribution in [0.5, 0.6) is 0 Å². The third-order valence-corrected chi connectivity index (χ3v) is 8.81. The lowest BCUT2D eigenvalue weighted by Crippen LogP contribution is -2.56. The molecule has 1 saturated carbocycles. The first-order valence-corrected chi connectivity index (χ1v) is 12.4. The number of primary amides is 1. The van der Waals surface area contributed by atoms with Crippen LogP contribution in [0.15, 0.2) is 57.6 Å². The summed E-state index contributed by atoms with van der Waals surface area (Å²) < 4.78 is 0. The Kier molecular flexibility index (Phi) is 5.85. The van der Waals surface area contributed by atoms with E-state index in [1.54, 1.807) is 32.0 Å². The molecule has 0 radical (unpaired) electrons. The minimum atomic E-state index is -1.23. The zero-order chi connectivity index (χ0) is 26.1. The van der Waals surface area contributed by atoms with E-state index in [1.807, 2.05) is 6.08 Å². The lowest BCUT2D eigenvalue weighted by Gasteiger charge is -2.50. The van der Waals surface area contributed by atoms with Crippen molar-refractivity contribution in [3.63, 3.8) is 0 Å². The molecule has 0 saturated heterocycles. The Morgan fingerprint density at radius 2 is 1.94 bits per heavy atom. The van der Waals surface area contributed by atoms with Crippen LogP contribution in [0.4, 0.5) is 0 Å². The number of Topliss-reactive ketones (excluding diaryl/α,β-unsaturated/α-hetero) is 2. The maximum Gasteiger partial charge on any atom is 0.255 e.